The van der Waals surface area contributed by atoms with E-state index in [0.29, 0.717) is 11.3 Å². The number of fused-ring (bicyclic) bond motifs is 3. The van der Waals surface area contributed by atoms with Crippen molar-refractivity contribution in [1.29, 1.82) is 0 Å². The Bertz CT molecular complexity index is 883. The molecule has 8 heteroatoms. The van der Waals surface area contributed by atoms with Crippen molar-refractivity contribution in [1.82, 2.24) is 10.2 Å². The third-order valence-corrected chi connectivity index (χ3v) is 4.86. The second-order valence-electron chi connectivity index (χ2n) is 7.61. The summed E-state index contributed by atoms with van der Waals surface area (Å²) in [6, 6.07) is 0.714. The van der Waals surface area contributed by atoms with E-state index in [0.717, 1.165) is 4.90 Å². The van der Waals surface area contributed by atoms with Gasteiger partial charge in [-0.2, -0.15) is 0 Å². The van der Waals surface area contributed by atoms with E-state index in [1.165, 1.54) is 0 Å². The first-order valence-corrected chi connectivity index (χ1v) is 8.39. The van der Waals surface area contributed by atoms with Crippen LogP contribution in [0, 0.1) is 0 Å². The summed E-state index contributed by atoms with van der Waals surface area (Å²) in [5.41, 5.74) is 0.614. The largest absolute Gasteiger partial charge is 0.454 e. The van der Waals surface area contributed by atoms with Crippen molar-refractivity contribution in [2.75, 3.05) is 6.79 Å². The molecule has 1 saturated heterocycles. The number of hydrogen-bond acceptors (Lipinski definition) is 6. The molecule has 1 fully saturated rings. The predicted octanol–water partition coefficient (Wildman–Crippen LogP) is 1.11. The first-order valence-electron chi connectivity index (χ1n) is 8.39. The Morgan fingerprint density at radius 2 is 1.77 bits per heavy atom. The average molecular weight is 358 g/mol. The van der Waals surface area contributed by atoms with Gasteiger partial charge in [-0.15, -0.1) is 0 Å². The number of rotatable bonds is 1. The average Bonchev–Trinajstić information content (AvgIpc) is 3.10. The zero-order valence-corrected chi connectivity index (χ0v) is 14.7. The maximum Gasteiger partial charge on any atom is 0.266 e. The van der Waals surface area contributed by atoms with Gasteiger partial charge in [0.1, 0.15) is 6.04 Å². The van der Waals surface area contributed by atoms with E-state index >= 15 is 0 Å². The normalized spacial score (nSPS) is 22.0. The highest BCUT2D eigenvalue weighted by molar-refractivity contribution is 6.25. The number of imide groups is 2. The highest BCUT2D eigenvalue weighted by Crippen LogP contribution is 2.46. The molecular weight excluding hydrogens is 340 g/mol. The molecule has 0 spiro atoms. The molecule has 26 heavy (non-hydrogen) atoms. The Hall–Kier alpha value is -2.90. The fourth-order valence-electron chi connectivity index (χ4n) is 3.60. The van der Waals surface area contributed by atoms with Gasteiger partial charge in [0, 0.05) is 6.42 Å². The minimum Gasteiger partial charge on any atom is -0.454 e. The summed E-state index contributed by atoms with van der Waals surface area (Å²) in [4.78, 5) is 50.8. The maximum absolute atomic E-state index is 13.1. The molecular formula is C18H18N2O6. The molecule has 0 bridgehead atoms. The summed E-state index contributed by atoms with van der Waals surface area (Å²) in [5.74, 6) is -1.52. The lowest BCUT2D eigenvalue weighted by atomic mass is 9.82. The van der Waals surface area contributed by atoms with E-state index in [9.17, 15) is 19.2 Å². The van der Waals surface area contributed by atoms with Crippen LogP contribution in [0.1, 0.15) is 59.9 Å². The summed E-state index contributed by atoms with van der Waals surface area (Å²) in [6.45, 7) is 5.75. The van der Waals surface area contributed by atoms with Crippen molar-refractivity contribution in [2.45, 2.75) is 45.1 Å². The summed E-state index contributed by atoms with van der Waals surface area (Å²) in [5, 5.41) is 2.19. The number of piperidine rings is 1. The molecule has 3 aliphatic rings. The molecule has 1 aromatic carbocycles. The van der Waals surface area contributed by atoms with Crippen LogP contribution in [0.5, 0.6) is 11.5 Å². The molecule has 1 unspecified atom stereocenters. The van der Waals surface area contributed by atoms with Gasteiger partial charge >= 0.3 is 0 Å². The van der Waals surface area contributed by atoms with Gasteiger partial charge in [0.25, 0.3) is 11.8 Å². The van der Waals surface area contributed by atoms with Gasteiger partial charge in [-0.1, -0.05) is 20.8 Å². The molecule has 3 heterocycles. The molecule has 0 radical (unpaired) electrons. The van der Waals surface area contributed by atoms with E-state index in [1.54, 1.807) is 6.07 Å². The minimum absolute atomic E-state index is 0.0325. The Morgan fingerprint density at radius 1 is 1.08 bits per heavy atom. The molecule has 4 amide bonds. The lowest BCUT2D eigenvalue weighted by molar-refractivity contribution is -0.136. The van der Waals surface area contributed by atoms with Crippen LogP contribution in [0.3, 0.4) is 0 Å². The van der Waals surface area contributed by atoms with Crippen LogP contribution in [0.4, 0.5) is 0 Å². The molecule has 3 aliphatic heterocycles. The molecule has 0 aromatic heterocycles. The molecule has 0 saturated carbocycles. The molecule has 4 rings (SSSR count). The van der Waals surface area contributed by atoms with Crippen molar-refractivity contribution in [2.24, 2.45) is 0 Å². The van der Waals surface area contributed by atoms with Crippen molar-refractivity contribution in [3.05, 3.63) is 22.8 Å². The molecule has 8 nitrogen and oxygen atoms in total. The summed E-state index contributed by atoms with van der Waals surface area (Å²) < 4.78 is 10.9. The number of nitrogens with one attached hydrogen (secondary N) is 1. The molecule has 1 atom stereocenters. The molecule has 1 N–H and O–H groups in total. The molecule has 0 aliphatic carbocycles. The monoisotopic (exact) mass is 358 g/mol. The van der Waals surface area contributed by atoms with Gasteiger partial charge in [-0.05, 0) is 23.5 Å². The van der Waals surface area contributed by atoms with Crippen molar-refractivity contribution < 1.29 is 28.7 Å². The van der Waals surface area contributed by atoms with Crippen LogP contribution >= 0.6 is 0 Å². The Morgan fingerprint density at radius 3 is 2.42 bits per heavy atom. The van der Waals surface area contributed by atoms with E-state index in [-0.39, 0.29) is 36.5 Å². The second kappa shape index (κ2) is 5.30. The minimum atomic E-state index is -1.01. The fraction of sp³-hybridized carbons (Fsp3) is 0.444. The van der Waals surface area contributed by atoms with Crippen LogP contribution in [0.25, 0.3) is 0 Å². The van der Waals surface area contributed by atoms with Gasteiger partial charge < -0.3 is 9.47 Å². The summed E-state index contributed by atoms with van der Waals surface area (Å²) in [7, 11) is 0. The Balaban J connectivity index is 1.86. The van der Waals surface area contributed by atoms with Crippen LogP contribution in [-0.4, -0.2) is 41.4 Å². The Kier molecular flexibility index (Phi) is 3.37. The van der Waals surface area contributed by atoms with Crippen LogP contribution in [-0.2, 0) is 15.0 Å². The number of amides is 4. The van der Waals surface area contributed by atoms with E-state index in [2.05, 4.69) is 5.32 Å². The van der Waals surface area contributed by atoms with Crippen LogP contribution in [0.15, 0.2) is 6.07 Å². The first kappa shape index (κ1) is 16.6. The lowest BCUT2D eigenvalue weighted by Crippen LogP contribution is -2.54. The van der Waals surface area contributed by atoms with Gasteiger partial charge in [0.05, 0.1) is 11.1 Å². The predicted molar refractivity (Wildman–Crippen MR) is 87.9 cm³/mol. The number of benzene rings is 1. The smallest absolute Gasteiger partial charge is 0.266 e. The quantitative estimate of drug-likeness (QED) is 0.755. The fourth-order valence-corrected chi connectivity index (χ4v) is 3.60. The number of nitrogens with zero attached hydrogens (tertiary/aromatic N) is 1. The number of carbonyl (C=O) groups is 4. The zero-order chi connectivity index (χ0) is 18.8. The molecule has 1 aromatic rings. The highest BCUT2D eigenvalue weighted by atomic mass is 16.7. The zero-order valence-electron chi connectivity index (χ0n) is 14.7. The third kappa shape index (κ3) is 2.21. The third-order valence-electron chi connectivity index (χ3n) is 4.86. The lowest BCUT2D eigenvalue weighted by Gasteiger charge is -2.28. The second-order valence-corrected chi connectivity index (χ2v) is 7.61. The topological polar surface area (TPSA) is 102 Å². The van der Waals surface area contributed by atoms with Gasteiger partial charge in [0.15, 0.2) is 11.5 Å². The van der Waals surface area contributed by atoms with E-state index < -0.39 is 35.1 Å². The first-order chi connectivity index (χ1) is 12.2. The van der Waals surface area contributed by atoms with Gasteiger partial charge in [-0.3, -0.25) is 29.4 Å². The SMILES string of the molecule is CC(C)(C)c1cc2c(c3c1C(=O)N(C1CCC(=O)NC1=O)C3=O)OCO2. The summed E-state index contributed by atoms with van der Waals surface area (Å²) in [6.07, 6.45) is 0.189. The molecule has 136 valence electrons. The number of hydrogen-bond donors (Lipinski definition) is 1. The standard InChI is InChI=1S/C18H18N2O6/c1-18(2,3)8-6-10-14(26-7-25-10)13-12(8)16(23)20(17(13)24)9-4-5-11(21)19-15(9)22/h6,9H,4-5,7H2,1-3H3,(H,19,21,22). The number of carbonyl (C=O) groups excluding carboxylic acids is 4. The van der Waals surface area contributed by atoms with Crippen LogP contribution < -0.4 is 14.8 Å². The van der Waals surface area contributed by atoms with Gasteiger partial charge in [0.2, 0.25) is 18.6 Å². The van der Waals surface area contributed by atoms with Crippen molar-refractivity contribution in [3.63, 3.8) is 0 Å². The highest BCUT2D eigenvalue weighted by Gasteiger charge is 2.49. The summed E-state index contributed by atoms with van der Waals surface area (Å²) >= 11 is 0. The number of ether oxygens (including phenoxy) is 2. The van der Waals surface area contributed by atoms with Crippen LogP contribution in [0.2, 0.25) is 0 Å². The van der Waals surface area contributed by atoms with Crippen molar-refractivity contribution in [3.8, 4) is 11.5 Å². The Labute approximate surface area is 149 Å². The van der Waals surface area contributed by atoms with Crippen molar-refractivity contribution >= 4 is 23.6 Å². The van der Waals surface area contributed by atoms with E-state index in [1.807, 2.05) is 20.8 Å². The maximum atomic E-state index is 13.1. The van der Waals surface area contributed by atoms with E-state index in [4.69, 9.17) is 9.47 Å². The van der Waals surface area contributed by atoms with Gasteiger partial charge in [-0.25, -0.2) is 0 Å².